The molecule has 1 saturated heterocycles. The molecule has 0 radical (unpaired) electrons. The van der Waals surface area contributed by atoms with Gasteiger partial charge in [-0.3, -0.25) is 9.59 Å². The van der Waals surface area contributed by atoms with E-state index in [2.05, 4.69) is 5.32 Å². The summed E-state index contributed by atoms with van der Waals surface area (Å²) in [4.78, 5) is 26.4. The fourth-order valence-corrected chi connectivity index (χ4v) is 6.21. The molecule has 2 aromatic carbocycles. The zero-order valence-corrected chi connectivity index (χ0v) is 19.3. The average molecular weight is 456 g/mol. The third-order valence-electron chi connectivity index (χ3n) is 6.38. The summed E-state index contributed by atoms with van der Waals surface area (Å²) in [6.45, 7) is 4.60. The van der Waals surface area contributed by atoms with Crippen LogP contribution in [0.25, 0.3) is 0 Å². The maximum atomic E-state index is 13.2. The molecule has 1 atom stereocenters. The Bertz CT molecular complexity index is 1110. The summed E-state index contributed by atoms with van der Waals surface area (Å²) in [5, 5.41) is 2.96. The third-order valence-corrected chi connectivity index (χ3v) is 8.27. The topological polar surface area (TPSA) is 86.8 Å². The summed E-state index contributed by atoms with van der Waals surface area (Å²) >= 11 is 0. The zero-order valence-electron chi connectivity index (χ0n) is 18.5. The molecule has 7 nitrogen and oxygen atoms in total. The summed E-state index contributed by atoms with van der Waals surface area (Å²) in [6, 6.07) is 14.8. The van der Waals surface area contributed by atoms with E-state index in [1.54, 1.807) is 23.1 Å². The molecule has 2 aliphatic rings. The van der Waals surface area contributed by atoms with Crippen LogP contribution in [0.15, 0.2) is 53.4 Å². The Morgan fingerprint density at radius 2 is 1.75 bits per heavy atom. The number of fused-ring (bicyclic) bond motifs is 1. The van der Waals surface area contributed by atoms with E-state index in [0.717, 1.165) is 16.8 Å². The summed E-state index contributed by atoms with van der Waals surface area (Å²) in [7, 11) is -3.65. The first kappa shape index (κ1) is 22.5. The number of hydrogen-bond donors (Lipinski definition) is 1. The van der Waals surface area contributed by atoms with Crippen LogP contribution in [0.5, 0.6) is 0 Å². The summed E-state index contributed by atoms with van der Waals surface area (Å²) in [6.07, 6.45) is 1.64. The fourth-order valence-electron chi connectivity index (χ4n) is 4.68. The standard InChI is InChI=1S/C24H29N3O4S/c1-17-14-21-15-22(8-9-23(21)27(17)18(2)28)32(30,31)26-12-10-20(11-13-26)24(29)25-16-19-6-4-3-5-7-19/h3-9,15,17,20H,10-14,16H2,1-2H3,(H,25,29)/t17-/m1/s1. The highest BCUT2D eigenvalue weighted by atomic mass is 32.2. The minimum absolute atomic E-state index is 0.0191. The lowest BCUT2D eigenvalue weighted by molar-refractivity contribution is -0.126. The van der Waals surface area contributed by atoms with Gasteiger partial charge in [0.25, 0.3) is 0 Å². The molecule has 0 bridgehead atoms. The Hall–Kier alpha value is -2.71. The minimum Gasteiger partial charge on any atom is -0.352 e. The van der Waals surface area contributed by atoms with Crippen molar-refractivity contribution in [2.24, 2.45) is 5.92 Å². The van der Waals surface area contributed by atoms with Crippen LogP contribution >= 0.6 is 0 Å². The molecular weight excluding hydrogens is 426 g/mol. The lowest BCUT2D eigenvalue weighted by atomic mass is 9.97. The smallest absolute Gasteiger partial charge is 0.243 e. The predicted molar refractivity (Wildman–Crippen MR) is 123 cm³/mol. The second kappa shape index (κ2) is 9.03. The van der Waals surface area contributed by atoms with Gasteiger partial charge in [0.2, 0.25) is 21.8 Å². The van der Waals surface area contributed by atoms with Crippen LogP contribution in [-0.2, 0) is 32.6 Å². The molecule has 8 heteroatoms. The van der Waals surface area contributed by atoms with Crippen molar-refractivity contribution in [2.75, 3.05) is 18.0 Å². The number of nitrogens with one attached hydrogen (secondary N) is 1. The maximum absolute atomic E-state index is 13.2. The molecule has 2 aliphatic heterocycles. The van der Waals surface area contributed by atoms with E-state index in [9.17, 15) is 18.0 Å². The van der Waals surface area contributed by atoms with Gasteiger partial charge in [-0.05, 0) is 55.5 Å². The van der Waals surface area contributed by atoms with Crippen LogP contribution in [0.1, 0.15) is 37.8 Å². The largest absolute Gasteiger partial charge is 0.352 e. The minimum atomic E-state index is -3.65. The Labute approximate surface area is 189 Å². The van der Waals surface area contributed by atoms with E-state index in [4.69, 9.17) is 0 Å². The van der Waals surface area contributed by atoms with Gasteiger partial charge in [0.1, 0.15) is 0 Å². The van der Waals surface area contributed by atoms with Crippen molar-refractivity contribution < 1.29 is 18.0 Å². The molecule has 1 N–H and O–H groups in total. The molecule has 2 heterocycles. The van der Waals surface area contributed by atoms with Gasteiger partial charge in [-0.1, -0.05) is 30.3 Å². The second-order valence-corrected chi connectivity index (χ2v) is 10.6. The molecule has 0 aliphatic carbocycles. The Kier molecular flexibility index (Phi) is 6.35. The first-order valence-corrected chi connectivity index (χ1v) is 12.5. The maximum Gasteiger partial charge on any atom is 0.243 e. The van der Waals surface area contributed by atoms with Crippen molar-refractivity contribution >= 4 is 27.5 Å². The van der Waals surface area contributed by atoms with Gasteiger partial charge >= 0.3 is 0 Å². The molecule has 0 spiro atoms. The van der Waals surface area contributed by atoms with Crippen molar-refractivity contribution in [3.05, 3.63) is 59.7 Å². The monoisotopic (exact) mass is 455 g/mol. The van der Waals surface area contributed by atoms with Gasteiger partial charge in [-0.2, -0.15) is 4.31 Å². The van der Waals surface area contributed by atoms with Gasteiger partial charge in [0, 0.05) is 44.2 Å². The molecule has 2 aromatic rings. The number of hydrogen-bond acceptors (Lipinski definition) is 4. The lowest BCUT2D eigenvalue weighted by Gasteiger charge is -2.30. The predicted octanol–water partition coefficient (Wildman–Crippen LogP) is 2.70. The number of nitrogens with zero attached hydrogens (tertiary/aromatic N) is 2. The molecule has 0 aromatic heterocycles. The van der Waals surface area contributed by atoms with Gasteiger partial charge in [0.05, 0.1) is 4.90 Å². The highest BCUT2D eigenvalue weighted by Gasteiger charge is 2.34. The number of amides is 2. The number of sulfonamides is 1. The van der Waals surface area contributed by atoms with Crippen molar-refractivity contribution in [3.8, 4) is 0 Å². The molecule has 4 rings (SSSR count). The van der Waals surface area contributed by atoms with E-state index >= 15 is 0 Å². The van der Waals surface area contributed by atoms with Crippen LogP contribution in [-0.4, -0.2) is 43.7 Å². The lowest BCUT2D eigenvalue weighted by Crippen LogP contribution is -2.42. The van der Waals surface area contributed by atoms with Crippen molar-refractivity contribution in [3.63, 3.8) is 0 Å². The van der Waals surface area contributed by atoms with Crippen LogP contribution < -0.4 is 10.2 Å². The van der Waals surface area contributed by atoms with E-state index in [1.165, 1.54) is 11.2 Å². The van der Waals surface area contributed by atoms with Crippen LogP contribution in [0.3, 0.4) is 0 Å². The van der Waals surface area contributed by atoms with Gasteiger partial charge in [-0.25, -0.2) is 8.42 Å². The van der Waals surface area contributed by atoms with E-state index in [1.807, 2.05) is 37.3 Å². The van der Waals surface area contributed by atoms with Crippen LogP contribution in [0.4, 0.5) is 5.69 Å². The number of benzene rings is 2. The van der Waals surface area contributed by atoms with E-state index in [-0.39, 0.29) is 28.7 Å². The number of anilines is 1. The first-order valence-electron chi connectivity index (χ1n) is 11.0. The third kappa shape index (κ3) is 4.42. The van der Waals surface area contributed by atoms with Gasteiger partial charge in [-0.15, -0.1) is 0 Å². The average Bonchev–Trinajstić information content (AvgIpc) is 3.13. The van der Waals surface area contributed by atoms with E-state index < -0.39 is 10.0 Å². The summed E-state index contributed by atoms with van der Waals surface area (Å²) in [5.41, 5.74) is 2.71. The Morgan fingerprint density at radius 3 is 2.41 bits per heavy atom. The van der Waals surface area contributed by atoms with Crippen LogP contribution in [0.2, 0.25) is 0 Å². The first-order chi connectivity index (χ1) is 15.3. The molecule has 0 unspecified atom stereocenters. The van der Waals surface area contributed by atoms with Gasteiger partial charge in [0.15, 0.2) is 0 Å². The second-order valence-electron chi connectivity index (χ2n) is 8.61. The highest BCUT2D eigenvalue weighted by Crippen LogP contribution is 2.35. The number of carbonyl (C=O) groups is 2. The molecule has 2 amide bonds. The number of carbonyl (C=O) groups excluding carboxylic acids is 2. The zero-order chi connectivity index (χ0) is 22.9. The molecule has 32 heavy (non-hydrogen) atoms. The fraction of sp³-hybridized carbons (Fsp3) is 0.417. The number of rotatable bonds is 5. The summed E-state index contributed by atoms with van der Waals surface area (Å²) < 4.78 is 27.9. The number of piperidine rings is 1. The Balaban J connectivity index is 1.39. The SMILES string of the molecule is CC(=O)N1c2ccc(S(=O)(=O)N3CCC(C(=O)NCc4ccccc4)CC3)cc2C[C@H]1C. The Morgan fingerprint density at radius 1 is 1.06 bits per heavy atom. The van der Waals surface area contributed by atoms with Crippen molar-refractivity contribution in [2.45, 2.75) is 50.6 Å². The van der Waals surface area contributed by atoms with Crippen LogP contribution in [0, 0.1) is 5.92 Å². The van der Waals surface area contributed by atoms with Crippen molar-refractivity contribution in [1.29, 1.82) is 0 Å². The quantitative estimate of drug-likeness (QED) is 0.751. The summed E-state index contributed by atoms with van der Waals surface area (Å²) in [5.74, 6) is -0.253. The molecular formula is C24H29N3O4S. The van der Waals surface area contributed by atoms with Gasteiger partial charge < -0.3 is 10.2 Å². The molecule has 170 valence electrons. The van der Waals surface area contributed by atoms with Crippen molar-refractivity contribution in [1.82, 2.24) is 9.62 Å². The normalized spacial score (nSPS) is 19.6. The molecule has 0 saturated carbocycles. The molecule has 1 fully saturated rings. The van der Waals surface area contributed by atoms with E-state index in [0.29, 0.717) is 38.9 Å². The highest BCUT2D eigenvalue weighted by molar-refractivity contribution is 7.89.